The normalized spacial score (nSPS) is 16.1. The molecule has 0 aliphatic heterocycles. The topological polar surface area (TPSA) is 83.2 Å². The Labute approximate surface area is 166 Å². The molecule has 3 N–H and O–H groups in total. The second-order valence-electron chi connectivity index (χ2n) is 8.10. The summed E-state index contributed by atoms with van der Waals surface area (Å²) in [5.74, 6) is 0.104. The van der Waals surface area contributed by atoms with Gasteiger partial charge in [0.15, 0.2) is 0 Å². The van der Waals surface area contributed by atoms with E-state index < -0.39 is 12.1 Å². The quantitative estimate of drug-likeness (QED) is 0.676. The van der Waals surface area contributed by atoms with Gasteiger partial charge in [-0.3, -0.25) is 4.79 Å². The van der Waals surface area contributed by atoms with Crippen molar-refractivity contribution in [2.24, 2.45) is 5.92 Å². The van der Waals surface area contributed by atoms with Crippen molar-refractivity contribution in [2.75, 3.05) is 6.61 Å². The lowest BCUT2D eigenvalue weighted by atomic mass is 9.95. The zero-order valence-corrected chi connectivity index (χ0v) is 16.8. The lowest BCUT2D eigenvalue weighted by molar-refractivity contribution is -0.124. The number of nitrogens with one attached hydrogen (secondary N) is 3. The number of benzene rings is 1. The fraction of sp³-hybridized carbons (Fsp3) is 0.545. The molecule has 1 aliphatic carbocycles. The summed E-state index contributed by atoms with van der Waals surface area (Å²) in [5.41, 5.74) is 2.02. The number of carbonyl (C=O) groups excluding carboxylic acids is 2. The van der Waals surface area contributed by atoms with Crippen LogP contribution in [0.1, 0.15) is 51.5 Å². The van der Waals surface area contributed by atoms with Crippen molar-refractivity contribution in [3.05, 3.63) is 36.0 Å². The molecule has 1 saturated carbocycles. The smallest absolute Gasteiger partial charge is 0.407 e. The molecule has 152 valence electrons. The number of fused-ring (bicyclic) bond motifs is 1. The monoisotopic (exact) mass is 385 g/mol. The van der Waals surface area contributed by atoms with Gasteiger partial charge in [-0.1, -0.05) is 51.3 Å². The molecule has 0 radical (unpaired) electrons. The van der Waals surface area contributed by atoms with Crippen molar-refractivity contribution in [3.8, 4) is 0 Å². The fourth-order valence-electron chi connectivity index (χ4n) is 3.70. The third-order valence-electron chi connectivity index (χ3n) is 5.21. The van der Waals surface area contributed by atoms with E-state index in [2.05, 4.69) is 15.6 Å². The minimum absolute atomic E-state index is 0.140. The summed E-state index contributed by atoms with van der Waals surface area (Å²) in [6, 6.07) is 7.49. The number of aromatic nitrogens is 1. The van der Waals surface area contributed by atoms with Gasteiger partial charge in [0.1, 0.15) is 6.04 Å². The number of H-pyrrole nitrogens is 1. The predicted octanol–water partition coefficient (Wildman–Crippen LogP) is 3.91. The predicted molar refractivity (Wildman–Crippen MR) is 110 cm³/mol. The van der Waals surface area contributed by atoms with Crippen LogP contribution in [0.2, 0.25) is 0 Å². The number of amides is 2. The minimum Gasteiger partial charge on any atom is -0.449 e. The van der Waals surface area contributed by atoms with Crippen LogP contribution >= 0.6 is 0 Å². The first-order chi connectivity index (χ1) is 13.5. The van der Waals surface area contributed by atoms with Crippen molar-refractivity contribution in [1.29, 1.82) is 0 Å². The molecule has 2 aromatic rings. The van der Waals surface area contributed by atoms with Gasteiger partial charge in [0.25, 0.3) is 0 Å². The summed E-state index contributed by atoms with van der Waals surface area (Å²) < 4.78 is 5.24. The van der Waals surface area contributed by atoms with Crippen molar-refractivity contribution in [2.45, 2.75) is 64.5 Å². The Balaban J connectivity index is 1.71. The molecule has 3 rings (SSSR count). The first kappa shape index (κ1) is 20.2. The van der Waals surface area contributed by atoms with Crippen LogP contribution in [-0.2, 0) is 16.0 Å². The second-order valence-corrected chi connectivity index (χ2v) is 8.10. The molecule has 0 unspecified atom stereocenters. The van der Waals surface area contributed by atoms with Crippen molar-refractivity contribution >= 4 is 22.9 Å². The number of carbonyl (C=O) groups is 2. The molecule has 1 heterocycles. The number of ether oxygens (including phenoxy) is 1. The van der Waals surface area contributed by atoms with Crippen molar-refractivity contribution < 1.29 is 14.3 Å². The number of hydrogen-bond donors (Lipinski definition) is 3. The molecule has 0 saturated heterocycles. The first-order valence-electron chi connectivity index (χ1n) is 10.3. The van der Waals surface area contributed by atoms with E-state index in [0.717, 1.165) is 42.1 Å². The molecule has 28 heavy (non-hydrogen) atoms. The Morgan fingerprint density at radius 1 is 1.18 bits per heavy atom. The zero-order valence-electron chi connectivity index (χ0n) is 16.8. The summed E-state index contributed by atoms with van der Waals surface area (Å²) in [6.07, 6.45) is 7.30. The molecule has 1 fully saturated rings. The molecule has 1 aliphatic rings. The molecular weight excluding hydrogens is 354 g/mol. The van der Waals surface area contributed by atoms with Gasteiger partial charge >= 0.3 is 6.09 Å². The lowest BCUT2D eigenvalue weighted by Gasteiger charge is -2.26. The van der Waals surface area contributed by atoms with E-state index in [9.17, 15) is 9.59 Å². The van der Waals surface area contributed by atoms with Gasteiger partial charge in [-0.15, -0.1) is 0 Å². The van der Waals surface area contributed by atoms with Gasteiger partial charge in [-0.05, 0) is 30.4 Å². The molecular formula is C22H31N3O3. The van der Waals surface area contributed by atoms with Gasteiger partial charge in [-0.2, -0.15) is 0 Å². The van der Waals surface area contributed by atoms with Crippen LogP contribution in [0.3, 0.4) is 0 Å². The van der Waals surface area contributed by atoms with Gasteiger partial charge in [0.05, 0.1) is 6.61 Å². The van der Waals surface area contributed by atoms with Crippen LogP contribution in [0, 0.1) is 5.92 Å². The molecule has 1 aromatic heterocycles. The maximum absolute atomic E-state index is 13.0. The number of aromatic amines is 1. The third kappa shape index (κ3) is 5.50. The van der Waals surface area contributed by atoms with E-state index in [1.54, 1.807) is 0 Å². The fourth-order valence-corrected chi connectivity index (χ4v) is 3.70. The van der Waals surface area contributed by atoms with Gasteiger partial charge in [0.2, 0.25) is 5.91 Å². The zero-order chi connectivity index (χ0) is 19.9. The summed E-state index contributed by atoms with van der Waals surface area (Å²) >= 11 is 0. The highest BCUT2D eigenvalue weighted by Gasteiger charge is 2.26. The van der Waals surface area contributed by atoms with E-state index in [1.807, 2.05) is 44.3 Å². The third-order valence-corrected chi connectivity index (χ3v) is 5.21. The average Bonchev–Trinajstić information content (AvgIpc) is 3.09. The van der Waals surface area contributed by atoms with Gasteiger partial charge < -0.3 is 20.4 Å². The summed E-state index contributed by atoms with van der Waals surface area (Å²) in [6.45, 7) is 4.29. The van der Waals surface area contributed by atoms with E-state index in [-0.39, 0.29) is 17.9 Å². The Bertz CT molecular complexity index is 793. The van der Waals surface area contributed by atoms with E-state index in [4.69, 9.17) is 4.74 Å². The summed E-state index contributed by atoms with van der Waals surface area (Å²) in [4.78, 5) is 28.4. The van der Waals surface area contributed by atoms with Crippen molar-refractivity contribution in [3.63, 3.8) is 0 Å². The van der Waals surface area contributed by atoms with Crippen LogP contribution in [0.4, 0.5) is 4.79 Å². The van der Waals surface area contributed by atoms with Crippen LogP contribution in [0.5, 0.6) is 0 Å². The van der Waals surface area contributed by atoms with E-state index >= 15 is 0 Å². The maximum atomic E-state index is 13.0. The Morgan fingerprint density at radius 2 is 1.93 bits per heavy atom. The van der Waals surface area contributed by atoms with Crippen LogP contribution in [0.25, 0.3) is 10.9 Å². The first-order valence-corrected chi connectivity index (χ1v) is 10.3. The molecule has 6 nitrogen and oxygen atoms in total. The SMILES string of the molecule is CC(C)COC(=O)N[C@H](Cc1c[nH]c2ccccc12)C(=O)NC1CCCCC1. The lowest BCUT2D eigenvalue weighted by Crippen LogP contribution is -2.51. The van der Waals surface area contributed by atoms with Gasteiger partial charge in [0, 0.05) is 29.6 Å². The molecule has 0 bridgehead atoms. The molecule has 0 spiro atoms. The van der Waals surface area contributed by atoms with E-state index in [0.29, 0.717) is 13.0 Å². The molecule has 2 amide bonds. The summed E-state index contributed by atoms with van der Waals surface area (Å²) in [5, 5.41) is 6.97. The van der Waals surface area contributed by atoms with Crippen LogP contribution < -0.4 is 10.6 Å². The number of para-hydroxylation sites is 1. The van der Waals surface area contributed by atoms with E-state index in [1.165, 1.54) is 6.42 Å². The second kappa shape index (κ2) is 9.62. The van der Waals surface area contributed by atoms with Gasteiger partial charge in [-0.25, -0.2) is 4.79 Å². The highest BCUT2D eigenvalue weighted by Crippen LogP contribution is 2.20. The highest BCUT2D eigenvalue weighted by atomic mass is 16.5. The standard InChI is InChI=1S/C22H31N3O3/c1-15(2)14-28-22(27)25-20(21(26)24-17-8-4-3-5-9-17)12-16-13-23-19-11-7-6-10-18(16)19/h6-7,10-11,13,15,17,20,23H,3-5,8-9,12,14H2,1-2H3,(H,24,26)(H,25,27)/t20-/m1/s1. The number of alkyl carbamates (subject to hydrolysis) is 1. The summed E-state index contributed by atoms with van der Waals surface area (Å²) in [7, 11) is 0. The Hall–Kier alpha value is -2.50. The maximum Gasteiger partial charge on any atom is 0.407 e. The largest absolute Gasteiger partial charge is 0.449 e. The molecule has 1 atom stereocenters. The van der Waals surface area contributed by atoms with Crippen LogP contribution in [-0.4, -0.2) is 35.7 Å². The van der Waals surface area contributed by atoms with Crippen molar-refractivity contribution in [1.82, 2.24) is 15.6 Å². The number of hydrogen-bond acceptors (Lipinski definition) is 3. The number of rotatable bonds is 7. The highest BCUT2D eigenvalue weighted by molar-refractivity contribution is 5.88. The Kier molecular flexibility index (Phi) is 6.95. The molecule has 6 heteroatoms. The average molecular weight is 386 g/mol. The molecule has 1 aromatic carbocycles. The van der Waals surface area contributed by atoms with Crippen LogP contribution in [0.15, 0.2) is 30.5 Å². The Morgan fingerprint density at radius 3 is 2.68 bits per heavy atom. The minimum atomic E-state index is -0.666.